The number of aromatic amines is 1. The van der Waals surface area contributed by atoms with Crippen LogP contribution in [0.5, 0.6) is 0 Å². The number of hydrogen-bond donors (Lipinski definition) is 2. The van der Waals surface area contributed by atoms with Crippen molar-refractivity contribution in [1.82, 2.24) is 9.55 Å². The monoisotopic (exact) mass is 422 g/mol. The molecule has 0 amide bonds. The number of H-pyrrole nitrogens is 1. The van der Waals surface area contributed by atoms with E-state index in [1.807, 2.05) is 53.1 Å². The first kappa shape index (κ1) is 21.2. The van der Waals surface area contributed by atoms with E-state index in [1.54, 1.807) is 12.1 Å². The van der Waals surface area contributed by atoms with Gasteiger partial charge in [-0.05, 0) is 36.6 Å². The molecule has 0 radical (unpaired) electrons. The lowest BCUT2D eigenvalue weighted by Gasteiger charge is -2.13. The Hall–Kier alpha value is -4.04. The lowest BCUT2D eigenvalue weighted by Crippen LogP contribution is -2.11. The third-order valence-corrected chi connectivity index (χ3v) is 5.71. The number of aromatic nitrogens is 2. The first-order valence-corrected chi connectivity index (χ1v) is 10.9. The van der Waals surface area contributed by atoms with Crippen molar-refractivity contribution < 1.29 is 4.79 Å². The summed E-state index contributed by atoms with van der Waals surface area (Å²) in [6.07, 6.45) is 2.81. The van der Waals surface area contributed by atoms with E-state index in [0.717, 1.165) is 36.3 Å². The Bertz CT molecular complexity index is 1290. The number of nitriles is 1. The van der Waals surface area contributed by atoms with Crippen molar-refractivity contribution in [2.45, 2.75) is 33.1 Å². The largest absolute Gasteiger partial charge is 0.396 e. The first-order valence-electron chi connectivity index (χ1n) is 10.9. The Kier molecular flexibility index (Phi) is 5.96. The van der Waals surface area contributed by atoms with Crippen molar-refractivity contribution in [3.63, 3.8) is 0 Å². The number of nitrogens with two attached hydrogens (primary N) is 1. The van der Waals surface area contributed by atoms with Crippen molar-refractivity contribution in [3.8, 4) is 23.1 Å². The van der Waals surface area contributed by atoms with Crippen LogP contribution < -0.4 is 5.73 Å². The molecule has 0 saturated carbocycles. The summed E-state index contributed by atoms with van der Waals surface area (Å²) in [6, 6.07) is 22.9. The van der Waals surface area contributed by atoms with Crippen molar-refractivity contribution in [2.75, 3.05) is 5.73 Å². The Labute approximate surface area is 188 Å². The third kappa shape index (κ3) is 3.61. The molecule has 2 heterocycles. The van der Waals surface area contributed by atoms with Crippen LogP contribution in [0.15, 0.2) is 66.7 Å². The van der Waals surface area contributed by atoms with Crippen LogP contribution in [0.4, 0.5) is 5.69 Å². The maximum absolute atomic E-state index is 13.6. The third-order valence-electron chi connectivity index (χ3n) is 5.71. The second kappa shape index (κ2) is 8.99. The van der Waals surface area contributed by atoms with E-state index in [1.165, 1.54) is 5.56 Å². The van der Waals surface area contributed by atoms with Crippen LogP contribution in [0.2, 0.25) is 0 Å². The van der Waals surface area contributed by atoms with Crippen molar-refractivity contribution in [2.24, 2.45) is 0 Å². The second-order valence-corrected chi connectivity index (χ2v) is 7.75. The molecule has 0 spiro atoms. The Morgan fingerprint density at radius 3 is 2.31 bits per heavy atom. The molecule has 2 aromatic carbocycles. The fourth-order valence-electron chi connectivity index (χ4n) is 4.20. The molecule has 4 rings (SSSR count). The molecule has 5 heteroatoms. The van der Waals surface area contributed by atoms with Crippen LogP contribution in [-0.2, 0) is 12.8 Å². The van der Waals surface area contributed by atoms with Gasteiger partial charge in [0.15, 0.2) is 0 Å². The molecule has 2 aromatic heterocycles. The van der Waals surface area contributed by atoms with E-state index in [-0.39, 0.29) is 11.5 Å². The summed E-state index contributed by atoms with van der Waals surface area (Å²) in [5.41, 5.74) is 12.4. The molecule has 0 fully saturated rings. The zero-order valence-electron chi connectivity index (χ0n) is 18.4. The van der Waals surface area contributed by atoms with E-state index in [9.17, 15) is 10.1 Å². The van der Waals surface area contributed by atoms with Gasteiger partial charge in [-0.3, -0.25) is 4.79 Å². The molecule has 0 saturated heterocycles. The molecule has 0 aliphatic rings. The zero-order valence-corrected chi connectivity index (χ0v) is 18.4. The molecule has 5 nitrogen and oxygen atoms in total. The van der Waals surface area contributed by atoms with Gasteiger partial charge in [0.2, 0.25) is 5.78 Å². The first-order chi connectivity index (χ1) is 15.6. The highest BCUT2D eigenvalue weighted by Gasteiger charge is 2.29. The highest BCUT2D eigenvalue weighted by molar-refractivity contribution is 6.13. The number of carbonyl (C=O) groups is 1. The lowest BCUT2D eigenvalue weighted by atomic mass is 10.1. The van der Waals surface area contributed by atoms with Crippen molar-refractivity contribution in [3.05, 3.63) is 94.8 Å². The van der Waals surface area contributed by atoms with E-state index in [4.69, 9.17) is 5.73 Å². The summed E-state index contributed by atoms with van der Waals surface area (Å²) in [5.74, 6) is -0.217. The van der Waals surface area contributed by atoms with Crippen LogP contribution in [0.1, 0.15) is 53.1 Å². The molecule has 0 aliphatic heterocycles. The van der Waals surface area contributed by atoms with E-state index in [2.05, 4.69) is 31.0 Å². The van der Waals surface area contributed by atoms with Crippen LogP contribution >= 0.6 is 0 Å². The minimum atomic E-state index is -0.217. The maximum Gasteiger partial charge on any atom is 0.211 e. The second-order valence-electron chi connectivity index (χ2n) is 7.75. The number of hydrogen-bond acceptors (Lipinski definition) is 3. The standard InChI is InChI=1S/C27H26N4O/c1-3-11-22-18(4-2)16-23(30-22)25-21(17-28)24(29)26(27(32)19-12-7-5-8-13-19)31(25)20-14-9-6-10-15-20/h5-10,12-16,30H,3-4,11,29H2,1-2H3. The minimum Gasteiger partial charge on any atom is -0.396 e. The van der Waals surface area contributed by atoms with Gasteiger partial charge in [0.1, 0.15) is 17.3 Å². The van der Waals surface area contributed by atoms with Gasteiger partial charge in [0.05, 0.1) is 17.1 Å². The van der Waals surface area contributed by atoms with Crippen LogP contribution in [0.25, 0.3) is 17.1 Å². The van der Waals surface area contributed by atoms with Gasteiger partial charge >= 0.3 is 0 Å². The topological polar surface area (TPSA) is 87.6 Å². The number of anilines is 1. The van der Waals surface area contributed by atoms with E-state index >= 15 is 0 Å². The number of nitrogens with one attached hydrogen (secondary N) is 1. The van der Waals surface area contributed by atoms with Crippen LogP contribution in [0.3, 0.4) is 0 Å². The fourth-order valence-corrected chi connectivity index (χ4v) is 4.20. The van der Waals surface area contributed by atoms with Crippen LogP contribution in [-0.4, -0.2) is 15.3 Å². The molecule has 3 N–H and O–H groups in total. The summed E-state index contributed by atoms with van der Waals surface area (Å²) in [6.45, 7) is 4.26. The normalized spacial score (nSPS) is 10.8. The van der Waals surface area contributed by atoms with Gasteiger partial charge in [0.25, 0.3) is 0 Å². The molecular formula is C27H26N4O. The number of nitrogens with zero attached hydrogens (tertiary/aromatic N) is 2. The lowest BCUT2D eigenvalue weighted by molar-refractivity contribution is 0.103. The number of benzene rings is 2. The van der Waals surface area contributed by atoms with Gasteiger partial charge in [-0.1, -0.05) is 68.8 Å². The summed E-state index contributed by atoms with van der Waals surface area (Å²) in [7, 11) is 0. The predicted molar refractivity (Wildman–Crippen MR) is 128 cm³/mol. The summed E-state index contributed by atoms with van der Waals surface area (Å²) < 4.78 is 1.82. The SMILES string of the molecule is CCCc1[nH]c(-c2c(C#N)c(N)c(C(=O)c3ccccc3)n2-c2ccccc2)cc1CC. The average molecular weight is 423 g/mol. The maximum atomic E-state index is 13.6. The summed E-state index contributed by atoms with van der Waals surface area (Å²) in [4.78, 5) is 17.1. The number of aryl methyl sites for hydroxylation is 2. The summed E-state index contributed by atoms with van der Waals surface area (Å²) in [5, 5.41) is 10.1. The van der Waals surface area contributed by atoms with Crippen LogP contribution in [0, 0.1) is 11.3 Å². The van der Waals surface area contributed by atoms with Gasteiger partial charge < -0.3 is 15.3 Å². The Morgan fingerprint density at radius 2 is 1.72 bits per heavy atom. The number of carbonyl (C=O) groups excluding carboxylic acids is 1. The Balaban J connectivity index is 2.05. The molecule has 160 valence electrons. The van der Waals surface area contributed by atoms with E-state index < -0.39 is 0 Å². The molecule has 32 heavy (non-hydrogen) atoms. The number of nitrogen functional groups attached to an aromatic ring is 1. The van der Waals surface area contributed by atoms with Gasteiger partial charge in [-0.25, -0.2) is 0 Å². The predicted octanol–water partition coefficient (Wildman–Crippen LogP) is 5.67. The number of para-hydroxylation sites is 1. The summed E-state index contributed by atoms with van der Waals surface area (Å²) >= 11 is 0. The van der Waals surface area contributed by atoms with E-state index in [0.29, 0.717) is 22.5 Å². The van der Waals surface area contributed by atoms with Crippen molar-refractivity contribution in [1.29, 1.82) is 5.26 Å². The molecule has 0 bridgehead atoms. The van der Waals surface area contributed by atoms with Gasteiger partial charge in [-0.2, -0.15) is 5.26 Å². The minimum absolute atomic E-state index is 0.199. The number of ketones is 1. The molecule has 0 atom stereocenters. The fraction of sp³-hybridized carbons (Fsp3) is 0.185. The molecule has 0 unspecified atom stereocenters. The smallest absolute Gasteiger partial charge is 0.211 e. The average Bonchev–Trinajstić information content (AvgIpc) is 3.37. The quantitative estimate of drug-likeness (QED) is 0.376. The molecule has 0 aliphatic carbocycles. The molecular weight excluding hydrogens is 396 g/mol. The van der Waals surface area contributed by atoms with Gasteiger partial charge in [-0.15, -0.1) is 0 Å². The van der Waals surface area contributed by atoms with Crippen molar-refractivity contribution >= 4 is 11.5 Å². The number of rotatable bonds is 7. The highest BCUT2D eigenvalue weighted by Crippen LogP contribution is 2.37. The Morgan fingerprint density at radius 1 is 1.06 bits per heavy atom. The van der Waals surface area contributed by atoms with Gasteiger partial charge in [0, 0.05) is 16.9 Å². The zero-order chi connectivity index (χ0) is 22.7. The highest BCUT2D eigenvalue weighted by atomic mass is 16.1. The molecule has 4 aromatic rings.